The summed E-state index contributed by atoms with van der Waals surface area (Å²) in [5, 5.41) is 3.48. The highest BCUT2D eigenvalue weighted by molar-refractivity contribution is 9.10. The monoisotopic (exact) mass is 439 g/mol. The van der Waals surface area contributed by atoms with Crippen molar-refractivity contribution < 1.29 is 14.3 Å². The highest BCUT2D eigenvalue weighted by Gasteiger charge is 2.18. The summed E-state index contributed by atoms with van der Waals surface area (Å²) in [7, 11) is 3.25. The average Bonchev–Trinajstić information content (AvgIpc) is 2.73. The lowest BCUT2D eigenvalue weighted by Crippen LogP contribution is -2.16. The van der Waals surface area contributed by atoms with Gasteiger partial charge in [0.2, 0.25) is 0 Å². The summed E-state index contributed by atoms with van der Waals surface area (Å²) in [6.45, 7) is 0. The minimum Gasteiger partial charge on any atom is -0.497 e. The average molecular weight is 440 g/mol. The molecule has 0 saturated carbocycles. The van der Waals surface area contributed by atoms with Gasteiger partial charge in [-0.3, -0.25) is 4.79 Å². The molecule has 5 heteroatoms. The predicted molar refractivity (Wildman–Crippen MR) is 115 cm³/mol. The molecule has 0 aliphatic rings. The third kappa shape index (κ3) is 5.14. The Morgan fingerprint density at radius 3 is 2.11 bits per heavy atom. The molecule has 144 valence electrons. The molecule has 28 heavy (non-hydrogen) atoms. The maximum Gasteiger partial charge on any atom is 0.165 e. The molecule has 0 radical (unpaired) electrons. The Balaban J connectivity index is 1.84. The van der Waals surface area contributed by atoms with Gasteiger partial charge in [0.05, 0.1) is 20.3 Å². The molecule has 0 bridgehead atoms. The van der Waals surface area contributed by atoms with Crippen LogP contribution in [0.1, 0.15) is 28.4 Å². The maximum absolute atomic E-state index is 12.9. The standard InChI is InChI=1S/C23H22BrNO3/c1-27-20-10-6-16(7-11-20)22(25-19-5-3-4-18(24)14-19)15-23(26)17-8-12-21(28-2)13-9-17/h3-14,22,25H,15H2,1-2H3/t22-/m1/s1. The Morgan fingerprint density at radius 1 is 0.929 bits per heavy atom. The molecule has 1 N–H and O–H groups in total. The molecule has 0 saturated heterocycles. The van der Waals surface area contributed by atoms with E-state index in [9.17, 15) is 4.79 Å². The Kier molecular flexibility index (Phi) is 6.71. The van der Waals surface area contributed by atoms with Crippen molar-refractivity contribution in [1.82, 2.24) is 0 Å². The molecule has 3 aromatic carbocycles. The fourth-order valence-corrected chi connectivity index (χ4v) is 3.35. The molecule has 0 aromatic heterocycles. The van der Waals surface area contributed by atoms with E-state index in [2.05, 4.69) is 21.2 Å². The lowest BCUT2D eigenvalue weighted by atomic mass is 9.97. The summed E-state index contributed by atoms with van der Waals surface area (Å²) < 4.78 is 11.4. The van der Waals surface area contributed by atoms with E-state index in [1.807, 2.05) is 48.5 Å². The topological polar surface area (TPSA) is 47.6 Å². The summed E-state index contributed by atoms with van der Waals surface area (Å²) >= 11 is 3.49. The number of rotatable bonds is 8. The number of hydrogen-bond acceptors (Lipinski definition) is 4. The number of nitrogens with one attached hydrogen (secondary N) is 1. The summed E-state index contributed by atoms with van der Waals surface area (Å²) in [5.74, 6) is 1.58. The second-order valence-corrected chi connectivity index (χ2v) is 7.25. The normalized spacial score (nSPS) is 11.5. The first-order chi connectivity index (χ1) is 13.6. The fourth-order valence-electron chi connectivity index (χ4n) is 2.95. The van der Waals surface area contributed by atoms with E-state index in [1.54, 1.807) is 38.5 Å². The van der Waals surface area contributed by atoms with Gasteiger partial charge in [-0.1, -0.05) is 34.1 Å². The lowest BCUT2D eigenvalue weighted by molar-refractivity contribution is 0.0976. The van der Waals surface area contributed by atoms with Crippen molar-refractivity contribution in [2.75, 3.05) is 19.5 Å². The summed E-state index contributed by atoms with van der Waals surface area (Å²) in [6, 6.07) is 22.7. The van der Waals surface area contributed by atoms with Crippen LogP contribution in [-0.2, 0) is 0 Å². The van der Waals surface area contributed by atoms with Crippen LogP contribution in [0.15, 0.2) is 77.3 Å². The zero-order valence-corrected chi connectivity index (χ0v) is 17.4. The quantitative estimate of drug-likeness (QED) is 0.444. The Hall–Kier alpha value is -2.79. The summed E-state index contributed by atoms with van der Waals surface area (Å²) in [4.78, 5) is 12.9. The highest BCUT2D eigenvalue weighted by Crippen LogP contribution is 2.28. The van der Waals surface area contributed by atoms with E-state index in [-0.39, 0.29) is 11.8 Å². The van der Waals surface area contributed by atoms with Gasteiger partial charge in [0.25, 0.3) is 0 Å². The Labute approximate surface area is 173 Å². The fraction of sp³-hybridized carbons (Fsp3) is 0.174. The second-order valence-electron chi connectivity index (χ2n) is 6.34. The maximum atomic E-state index is 12.9. The number of methoxy groups -OCH3 is 2. The second kappa shape index (κ2) is 9.42. The Bertz CT molecular complexity index is 923. The van der Waals surface area contributed by atoms with Crippen molar-refractivity contribution in [3.05, 3.63) is 88.4 Å². The van der Waals surface area contributed by atoms with Crippen LogP contribution in [0.3, 0.4) is 0 Å². The molecule has 4 nitrogen and oxygen atoms in total. The zero-order valence-electron chi connectivity index (χ0n) is 15.8. The van der Waals surface area contributed by atoms with E-state index in [1.165, 1.54) is 0 Å². The van der Waals surface area contributed by atoms with Gasteiger partial charge in [0.15, 0.2) is 5.78 Å². The van der Waals surface area contributed by atoms with Crippen LogP contribution in [-0.4, -0.2) is 20.0 Å². The number of ketones is 1. The van der Waals surface area contributed by atoms with Crippen LogP contribution >= 0.6 is 15.9 Å². The van der Waals surface area contributed by atoms with Crippen LogP contribution < -0.4 is 14.8 Å². The molecule has 3 aromatic rings. The van der Waals surface area contributed by atoms with Crippen molar-refractivity contribution in [2.24, 2.45) is 0 Å². The number of ether oxygens (including phenoxy) is 2. The molecule has 1 atom stereocenters. The lowest BCUT2D eigenvalue weighted by Gasteiger charge is -2.20. The van der Waals surface area contributed by atoms with Crippen molar-refractivity contribution in [1.29, 1.82) is 0 Å². The van der Waals surface area contributed by atoms with Gasteiger partial charge in [0, 0.05) is 22.1 Å². The smallest absolute Gasteiger partial charge is 0.165 e. The molecule has 0 unspecified atom stereocenters. The van der Waals surface area contributed by atoms with Gasteiger partial charge in [-0.15, -0.1) is 0 Å². The van der Waals surface area contributed by atoms with E-state index >= 15 is 0 Å². The van der Waals surface area contributed by atoms with Crippen LogP contribution in [0.4, 0.5) is 5.69 Å². The molecule has 0 fully saturated rings. The minimum absolute atomic E-state index is 0.0611. The van der Waals surface area contributed by atoms with Crippen molar-refractivity contribution in [3.63, 3.8) is 0 Å². The van der Waals surface area contributed by atoms with Gasteiger partial charge in [-0.05, 0) is 60.2 Å². The van der Waals surface area contributed by atoms with Gasteiger partial charge < -0.3 is 14.8 Å². The van der Waals surface area contributed by atoms with Crippen LogP contribution in [0.5, 0.6) is 11.5 Å². The van der Waals surface area contributed by atoms with E-state index in [0.717, 1.165) is 27.2 Å². The van der Waals surface area contributed by atoms with E-state index < -0.39 is 0 Å². The van der Waals surface area contributed by atoms with Crippen molar-refractivity contribution >= 4 is 27.4 Å². The Morgan fingerprint density at radius 2 is 1.54 bits per heavy atom. The molecular weight excluding hydrogens is 418 g/mol. The molecule has 3 rings (SSSR count). The third-order valence-electron chi connectivity index (χ3n) is 4.49. The number of carbonyl (C=O) groups is 1. The van der Waals surface area contributed by atoms with Gasteiger partial charge in [0.1, 0.15) is 11.5 Å². The third-order valence-corrected chi connectivity index (χ3v) is 4.98. The number of benzene rings is 3. The first kappa shape index (κ1) is 20.0. The number of anilines is 1. The van der Waals surface area contributed by atoms with Gasteiger partial charge in [-0.2, -0.15) is 0 Å². The number of halogens is 1. The van der Waals surface area contributed by atoms with Crippen LogP contribution in [0, 0.1) is 0 Å². The first-order valence-corrected chi connectivity index (χ1v) is 9.71. The number of carbonyl (C=O) groups excluding carboxylic acids is 1. The number of hydrogen-bond donors (Lipinski definition) is 1. The highest BCUT2D eigenvalue weighted by atomic mass is 79.9. The first-order valence-electron chi connectivity index (χ1n) is 8.92. The molecule has 0 heterocycles. The predicted octanol–water partition coefficient (Wildman–Crippen LogP) is 5.89. The summed E-state index contributed by atoms with van der Waals surface area (Å²) in [6.07, 6.45) is 0.325. The van der Waals surface area contributed by atoms with Gasteiger partial charge in [-0.25, -0.2) is 0 Å². The zero-order chi connectivity index (χ0) is 19.9. The largest absolute Gasteiger partial charge is 0.497 e. The van der Waals surface area contributed by atoms with E-state index in [4.69, 9.17) is 9.47 Å². The van der Waals surface area contributed by atoms with Crippen molar-refractivity contribution in [3.8, 4) is 11.5 Å². The molecular formula is C23H22BrNO3. The van der Waals surface area contributed by atoms with Gasteiger partial charge >= 0.3 is 0 Å². The molecule has 0 aliphatic carbocycles. The van der Waals surface area contributed by atoms with Crippen LogP contribution in [0.2, 0.25) is 0 Å². The minimum atomic E-state index is -0.171. The van der Waals surface area contributed by atoms with Crippen molar-refractivity contribution in [2.45, 2.75) is 12.5 Å². The molecule has 0 aliphatic heterocycles. The van der Waals surface area contributed by atoms with E-state index in [0.29, 0.717) is 12.0 Å². The molecule has 0 spiro atoms. The number of Topliss-reactive ketones (excluding diaryl/α,β-unsaturated/α-hetero) is 1. The van der Waals surface area contributed by atoms with Crippen LogP contribution in [0.25, 0.3) is 0 Å². The molecule has 0 amide bonds. The summed E-state index contributed by atoms with van der Waals surface area (Å²) in [5.41, 5.74) is 2.62. The SMILES string of the molecule is COc1ccc(C(=O)C[C@@H](Nc2cccc(Br)c2)c2ccc(OC)cc2)cc1.